The van der Waals surface area contributed by atoms with Crippen LogP contribution in [0.3, 0.4) is 0 Å². The van der Waals surface area contributed by atoms with Gasteiger partial charge in [0.15, 0.2) is 0 Å². The monoisotopic (exact) mass is 325 g/mol. The van der Waals surface area contributed by atoms with Crippen molar-refractivity contribution >= 4 is 11.7 Å². The molecule has 0 atom stereocenters. The minimum Gasteiger partial charge on any atom is -0.395 e. The van der Waals surface area contributed by atoms with Crippen LogP contribution in [0.5, 0.6) is 0 Å². The van der Waals surface area contributed by atoms with Gasteiger partial charge in [-0.25, -0.2) is 4.98 Å². The number of rotatable bonds is 6. The number of benzene rings is 1. The number of aromatic nitrogens is 1. The summed E-state index contributed by atoms with van der Waals surface area (Å²) in [6.45, 7) is 2.61. The van der Waals surface area contributed by atoms with Crippen molar-refractivity contribution in [2.75, 3.05) is 31.1 Å². The SMILES string of the molecule is O=C(c1cccnc1N1CCCC1)N(CCO)Cc1ccccc1. The minimum atomic E-state index is -0.0806. The minimum absolute atomic E-state index is 0.0577. The molecule has 1 fully saturated rings. The molecule has 2 aromatic rings. The Morgan fingerprint density at radius 3 is 2.58 bits per heavy atom. The van der Waals surface area contributed by atoms with Gasteiger partial charge in [-0.05, 0) is 30.5 Å². The van der Waals surface area contributed by atoms with Crippen molar-refractivity contribution in [1.29, 1.82) is 0 Å². The highest BCUT2D eigenvalue weighted by atomic mass is 16.3. The summed E-state index contributed by atoms with van der Waals surface area (Å²) in [6.07, 6.45) is 4.00. The molecule has 24 heavy (non-hydrogen) atoms. The maximum absolute atomic E-state index is 13.1. The van der Waals surface area contributed by atoms with E-state index in [1.807, 2.05) is 36.4 Å². The number of anilines is 1. The molecule has 2 heterocycles. The van der Waals surface area contributed by atoms with Crippen LogP contribution in [0.15, 0.2) is 48.7 Å². The van der Waals surface area contributed by atoms with E-state index in [1.165, 1.54) is 0 Å². The fourth-order valence-electron chi connectivity index (χ4n) is 3.09. The Balaban J connectivity index is 1.85. The second-order valence-corrected chi connectivity index (χ2v) is 6.00. The molecule has 1 saturated heterocycles. The quantitative estimate of drug-likeness (QED) is 0.885. The Labute approximate surface area is 142 Å². The number of hydrogen-bond donors (Lipinski definition) is 1. The van der Waals surface area contributed by atoms with E-state index in [2.05, 4.69) is 9.88 Å². The first kappa shape index (κ1) is 16.5. The zero-order valence-corrected chi connectivity index (χ0v) is 13.8. The molecule has 0 spiro atoms. The lowest BCUT2D eigenvalue weighted by molar-refractivity contribution is 0.0708. The van der Waals surface area contributed by atoms with Crippen molar-refractivity contribution in [2.24, 2.45) is 0 Å². The molecule has 1 aromatic heterocycles. The second kappa shape index (κ2) is 7.93. The van der Waals surface area contributed by atoms with Crippen molar-refractivity contribution in [3.8, 4) is 0 Å². The molecule has 5 heteroatoms. The van der Waals surface area contributed by atoms with Gasteiger partial charge in [-0.15, -0.1) is 0 Å². The van der Waals surface area contributed by atoms with E-state index in [1.54, 1.807) is 17.2 Å². The number of carbonyl (C=O) groups is 1. The fraction of sp³-hybridized carbons (Fsp3) is 0.368. The Morgan fingerprint density at radius 1 is 1.12 bits per heavy atom. The smallest absolute Gasteiger partial charge is 0.257 e. The van der Waals surface area contributed by atoms with Crippen molar-refractivity contribution in [3.05, 3.63) is 59.8 Å². The lowest BCUT2D eigenvalue weighted by atomic mass is 10.1. The van der Waals surface area contributed by atoms with Crippen molar-refractivity contribution < 1.29 is 9.90 Å². The Bertz CT molecular complexity index is 669. The maximum Gasteiger partial charge on any atom is 0.257 e. The molecule has 1 aliphatic heterocycles. The molecule has 3 rings (SSSR count). The molecule has 0 bridgehead atoms. The number of aliphatic hydroxyl groups is 1. The summed E-state index contributed by atoms with van der Waals surface area (Å²) in [4.78, 5) is 21.4. The average molecular weight is 325 g/mol. The van der Waals surface area contributed by atoms with Gasteiger partial charge >= 0.3 is 0 Å². The summed E-state index contributed by atoms with van der Waals surface area (Å²) >= 11 is 0. The summed E-state index contributed by atoms with van der Waals surface area (Å²) in [7, 11) is 0. The first-order valence-electron chi connectivity index (χ1n) is 8.43. The highest BCUT2D eigenvalue weighted by Crippen LogP contribution is 2.23. The van der Waals surface area contributed by atoms with Gasteiger partial charge in [0, 0.05) is 32.4 Å². The van der Waals surface area contributed by atoms with Gasteiger partial charge in [0.05, 0.1) is 12.2 Å². The Morgan fingerprint density at radius 2 is 1.88 bits per heavy atom. The molecular weight excluding hydrogens is 302 g/mol. The van der Waals surface area contributed by atoms with E-state index in [-0.39, 0.29) is 12.5 Å². The fourth-order valence-corrected chi connectivity index (χ4v) is 3.09. The van der Waals surface area contributed by atoms with E-state index >= 15 is 0 Å². The van der Waals surface area contributed by atoms with Gasteiger partial charge in [0.25, 0.3) is 5.91 Å². The van der Waals surface area contributed by atoms with Crippen LogP contribution in [0, 0.1) is 0 Å². The molecule has 0 unspecified atom stereocenters. The van der Waals surface area contributed by atoms with Crippen LogP contribution in [0.1, 0.15) is 28.8 Å². The van der Waals surface area contributed by atoms with Crippen molar-refractivity contribution in [1.82, 2.24) is 9.88 Å². The van der Waals surface area contributed by atoms with Crippen molar-refractivity contribution in [3.63, 3.8) is 0 Å². The van der Waals surface area contributed by atoms with E-state index in [9.17, 15) is 9.90 Å². The largest absolute Gasteiger partial charge is 0.395 e. The van der Waals surface area contributed by atoms with E-state index < -0.39 is 0 Å². The van der Waals surface area contributed by atoms with Gasteiger partial charge < -0.3 is 14.9 Å². The van der Waals surface area contributed by atoms with E-state index in [0.29, 0.717) is 18.7 Å². The number of nitrogens with zero attached hydrogens (tertiary/aromatic N) is 3. The summed E-state index contributed by atoms with van der Waals surface area (Å²) in [5.41, 5.74) is 1.66. The van der Waals surface area contributed by atoms with E-state index in [4.69, 9.17) is 0 Å². The Kier molecular flexibility index (Phi) is 5.43. The molecule has 1 amide bonds. The van der Waals surface area contributed by atoms with E-state index in [0.717, 1.165) is 37.3 Å². The highest BCUT2D eigenvalue weighted by Gasteiger charge is 2.24. The first-order valence-corrected chi connectivity index (χ1v) is 8.43. The summed E-state index contributed by atoms with van der Waals surface area (Å²) in [5.74, 6) is 0.680. The average Bonchev–Trinajstić information content (AvgIpc) is 3.16. The van der Waals surface area contributed by atoms with Gasteiger partial charge in [-0.3, -0.25) is 4.79 Å². The number of aliphatic hydroxyl groups excluding tert-OH is 1. The summed E-state index contributed by atoms with van der Waals surface area (Å²) in [5, 5.41) is 9.37. The molecule has 0 aliphatic carbocycles. The van der Waals surface area contributed by atoms with Crippen LogP contribution in [0.2, 0.25) is 0 Å². The molecule has 0 saturated carbocycles. The third-order valence-electron chi connectivity index (χ3n) is 4.30. The normalized spacial score (nSPS) is 14.0. The summed E-state index contributed by atoms with van der Waals surface area (Å²) < 4.78 is 0. The lowest BCUT2D eigenvalue weighted by Gasteiger charge is -2.25. The van der Waals surface area contributed by atoms with Crippen LogP contribution in [-0.2, 0) is 6.54 Å². The zero-order valence-electron chi connectivity index (χ0n) is 13.8. The third-order valence-corrected chi connectivity index (χ3v) is 4.30. The highest BCUT2D eigenvalue weighted by molar-refractivity contribution is 5.99. The predicted molar refractivity (Wildman–Crippen MR) is 94.0 cm³/mol. The molecule has 1 aromatic carbocycles. The number of pyridine rings is 1. The molecular formula is C19H23N3O2. The predicted octanol–water partition coefficient (Wildman–Crippen LogP) is 2.32. The van der Waals surface area contributed by atoms with Crippen LogP contribution < -0.4 is 4.90 Å². The third kappa shape index (κ3) is 3.74. The van der Waals surface area contributed by atoms with Crippen LogP contribution in [0.25, 0.3) is 0 Å². The van der Waals surface area contributed by atoms with Gasteiger partial charge in [0.1, 0.15) is 5.82 Å². The van der Waals surface area contributed by atoms with Crippen LogP contribution >= 0.6 is 0 Å². The molecule has 0 radical (unpaired) electrons. The number of hydrogen-bond acceptors (Lipinski definition) is 4. The van der Waals surface area contributed by atoms with Gasteiger partial charge in [-0.2, -0.15) is 0 Å². The summed E-state index contributed by atoms with van der Waals surface area (Å²) in [6, 6.07) is 13.5. The standard InChI is InChI=1S/C19H23N3O2/c23-14-13-22(15-16-7-2-1-3-8-16)19(24)17-9-6-10-20-18(17)21-11-4-5-12-21/h1-3,6-10,23H,4-5,11-15H2. The van der Waals surface area contributed by atoms with Gasteiger partial charge in [0.2, 0.25) is 0 Å². The number of carbonyl (C=O) groups excluding carboxylic acids is 1. The lowest BCUT2D eigenvalue weighted by Crippen LogP contribution is -2.34. The molecule has 1 aliphatic rings. The first-order chi connectivity index (χ1) is 11.8. The zero-order chi connectivity index (χ0) is 16.8. The molecule has 1 N–H and O–H groups in total. The molecule has 5 nitrogen and oxygen atoms in total. The van der Waals surface area contributed by atoms with Crippen LogP contribution in [0.4, 0.5) is 5.82 Å². The van der Waals surface area contributed by atoms with Crippen LogP contribution in [-0.4, -0.2) is 47.1 Å². The second-order valence-electron chi connectivity index (χ2n) is 6.00. The number of amides is 1. The van der Waals surface area contributed by atoms with Gasteiger partial charge in [-0.1, -0.05) is 30.3 Å². The Hall–Kier alpha value is -2.40. The van der Waals surface area contributed by atoms with Crippen molar-refractivity contribution in [2.45, 2.75) is 19.4 Å². The maximum atomic E-state index is 13.1. The molecule has 126 valence electrons. The topological polar surface area (TPSA) is 56.7 Å².